The van der Waals surface area contributed by atoms with E-state index in [1.807, 2.05) is 14.0 Å². The number of benzene rings is 2. The van der Waals surface area contributed by atoms with Crippen LogP contribution in [0.3, 0.4) is 0 Å². The molecule has 0 spiro atoms. The quantitative estimate of drug-likeness (QED) is 0.745. The molecule has 1 aliphatic heterocycles. The van der Waals surface area contributed by atoms with Crippen LogP contribution in [-0.2, 0) is 0 Å². The Hall–Kier alpha value is -2.73. The van der Waals surface area contributed by atoms with Crippen molar-refractivity contribution in [2.24, 2.45) is 0 Å². The number of hydrogen-bond donors (Lipinski definition) is 1. The van der Waals surface area contributed by atoms with E-state index in [4.69, 9.17) is 0 Å². The fraction of sp³-hybridized carbons (Fsp3) is 0.286. The maximum absolute atomic E-state index is 14.3. The predicted octanol–water partition coefficient (Wildman–Crippen LogP) is 3.88. The maximum atomic E-state index is 14.3. The van der Waals surface area contributed by atoms with E-state index in [-0.39, 0.29) is 23.6 Å². The van der Waals surface area contributed by atoms with Crippen molar-refractivity contribution in [2.75, 3.05) is 26.7 Å². The number of amides is 1. The molecule has 4 rings (SSSR count). The van der Waals surface area contributed by atoms with Gasteiger partial charge >= 0.3 is 0 Å². The summed E-state index contributed by atoms with van der Waals surface area (Å²) >= 11 is 0. The fourth-order valence-electron chi connectivity index (χ4n) is 3.87. The Morgan fingerprint density at radius 2 is 1.93 bits per heavy atom. The van der Waals surface area contributed by atoms with Crippen molar-refractivity contribution in [3.8, 4) is 0 Å². The summed E-state index contributed by atoms with van der Waals surface area (Å²) in [4.78, 5) is 20.2. The lowest BCUT2D eigenvalue weighted by molar-refractivity contribution is 0.0542. The van der Waals surface area contributed by atoms with Crippen LogP contribution in [-0.4, -0.2) is 47.4 Å². The summed E-state index contributed by atoms with van der Waals surface area (Å²) in [5.41, 5.74) is 2.51. The first-order valence-electron chi connectivity index (χ1n) is 8.97. The molecule has 0 radical (unpaired) electrons. The first-order chi connectivity index (χ1) is 13.0. The van der Waals surface area contributed by atoms with Gasteiger partial charge in [-0.2, -0.15) is 0 Å². The lowest BCUT2D eigenvalue weighted by Crippen LogP contribution is -2.49. The van der Waals surface area contributed by atoms with E-state index < -0.39 is 0 Å². The van der Waals surface area contributed by atoms with Crippen LogP contribution in [0.2, 0.25) is 0 Å². The molecule has 2 aromatic carbocycles. The molecule has 4 nitrogen and oxygen atoms in total. The number of likely N-dealkylation sites (N-methyl/N-ethyl adjacent to an activating group) is 1. The first kappa shape index (κ1) is 17.7. The second-order valence-electron chi connectivity index (χ2n) is 7.08. The number of aromatic nitrogens is 1. The van der Waals surface area contributed by atoms with Crippen LogP contribution in [0.15, 0.2) is 42.5 Å². The molecule has 0 bridgehead atoms. The third-order valence-corrected chi connectivity index (χ3v) is 5.36. The minimum Gasteiger partial charge on any atom is -0.358 e. The zero-order chi connectivity index (χ0) is 19.1. The Morgan fingerprint density at radius 3 is 2.70 bits per heavy atom. The highest BCUT2D eigenvalue weighted by molar-refractivity contribution is 6.08. The number of rotatable bonds is 2. The van der Waals surface area contributed by atoms with Gasteiger partial charge in [0.2, 0.25) is 0 Å². The van der Waals surface area contributed by atoms with E-state index in [1.165, 1.54) is 18.2 Å². The highest BCUT2D eigenvalue weighted by atomic mass is 19.1. The lowest BCUT2D eigenvalue weighted by atomic mass is 10.0. The summed E-state index contributed by atoms with van der Waals surface area (Å²) in [5, 5.41) is 0.582. The molecule has 6 heteroatoms. The summed E-state index contributed by atoms with van der Waals surface area (Å²) in [7, 11) is 1.94. The van der Waals surface area contributed by atoms with E-state index in [0.717, 1.165) is 5.52 Å². The molecule has 27 heavy (non-hydrogen) atoms. The van der Waals surface area contributed by atoms with Crippen molar-refractivity contribution in [1.29, 1.82) is 0 Å². The third kappa shape index (κ3) is 3.10. The lowest BCUT2D eigenvalue weighted by Gasteiger charge is -2.39. The average molecular weight is 369 g/mol. The number of aromatic amines is 1. The van der Waals surface area contributed by atoms with Gasteiger partial charge in [-0.1, -0.05) is 18.2 Å². The zero-order valence-electron chi connectivity index (χ0n) is 15.3. The summed E-state index contributed by atoms with van der Waals surface area (Å²) in [6, 6.07) is 10.8. The molecule has 1 N–H and O–H groups in total. The van der Waals surface area contributed by atoms with Gasteiger partial charge in [0.25, 0.3) is 5.91 Å². The van der Waals surface area contributed by atoms with E-state index >= 15 is 0 Å². The normalized spacial score (nSPS) is 18.2. The van der Waals surface area contributed by atoms with E-state index in [1.54, 1.807) is 29.2 Å². The molecule has 0 aliphatic carbocycles. The van der Waals surface area contributed by atoms with Crippen LogP contribution in [0.5, 0.6) is 0 Å². The molecule has 1 fully saturated rings. The molecule has 2 heterocycles. The molecule has 1 saturated heterocycles. The smallest absolute Gasteiger partial charge is 0.256 e. The summed E-state index contributed by atoms with van der Waals surface area (Å²) in [6.07, 6.45) is 0. The van der Waals surface area contributed by atoms with Crippen molar-refractivity contribution >= 4 is 16.8 Å². The van der Waals surface area contributed by atoms with Crippen molar-refractivity contribution in [3.63, 3.8) is 0 Å². The molecule has 1 aromatic heterocycles. The van der Waals surface area contributed by atoms with Gasteiger partial charge in [-0.05, 0) is 38.2 Å². The van der Waals surface area contributed by atoms with Crippen LogP contribution in [0.4, 0.5) is 8.78 Å². The molecule has 1 amide bonds. The number of H-pyrrole nitrogens is 1. The van der Waals surface area contributed by atoms with Crippen molar-refractivity contribution < 1.29 is 13.6 Å². The molecule has 1 atom stereocenters. The minimum atomic E-state index is -0.377. The average Bonchev–Trinajstić information content (AvgIpc) is 2.97. The van der Waals surface area contributed by atoms with Gasteiger partial charge in [0, 0.05) is 41.8 Å². The Kier molecular flexibility index (Phi) is 4.44. The Morgan fingerprint density at radius 1 is 1.15 bits per heavy atom. The van der Waals surface area contributed by atoms with Crippen molar-refractivity contribution in [2.45, 2.75) is 13.0 Å². The molecule has 1 aliphatic rings. The number of carbonyl (C=O) groups is 1. The van der Waals surface area contributed by atoms with Gasteiger partial charge in [0.05, 0.1) is 11.6 Å². The second-order valence-corrected chi connectivity index (χ2v) is 7.08. The summed E-state index contributed by atoms with van der Waals surface area (Å²) < 4.78 is 28.0. The van der Waals surface area contributed by atoms with E-state index in [9.17, 15) is 13.6 Å². The van der Waals surface area contributed by atoms with Gasteiger partial charge in [0.15, 0.2) is 0 Å². The van der Waals surface area contributed by atoms with Gasteiger partial charge in [-0.25, -0.2) is 8.78 Å². The van der Waals surface area contributed by atoms with Crippen molar-refractivity contribution in [1.82, 2.24) is 14.8 Å². The number of aryl methyl sites for hydroxylation is 1. The Labute approximate surface area is 156 Å². The standard InChI is InChI=1S/C21H21F2N3O/c1-13-20(16-11-14(22)7-8-18(16)24-13)21(27)26-10-9-25(2)19(12-26)15-5-3-4-6-17(15)23/h3-8,11,19,24H,9-10,12H2,1-2H3. The van der Waals surface area contributed by atoms with Gasteiger partial charge in [0.1, 0.15) is 11.6 Å². The van der Waals surface area contributed by atoms with Crippen molar-refractivity contribution in [3.05, 3.63) is 70.9 Å². The monoisotopic (exact) mass is 369 g/mol. The SMILES string of the molecule is Cc1[nH]c2ccc(F)cc2c1C(=O)N1CCN(C)C(c2ccccc2F)C1. The number of halogens is 2. The predicted molar refractivity (Wildman–Crippen MR) is 101 cm³/mol. The topological polar surface area (TPSA) is 39.3 Å². The van der Waals surface area contributed by atoms with E-state index in [0.29, 0.717) is 41.8 Å². The molecular weight excluding hydrogens is 348 g/mol. The van der Waals surface area contributed by atoms with Crippen LogP contribution in [0.1, 0.15) is 27.7 Å². The molecule has 0 saturated carbocycles. The molecular formula is C21H21F2N3O. The van der Waals surface area contributed by atoms with Gasteiger partial charge in [-0.15, -0.1) is 0 Å². The minimum absolute atomic E-state index is 0.154. The van der Waals surface area contributed by atoms with Gasteiger partial charge in [-0.3, -0.25) is 9.69 Å². The van der Waals surface area contributed by atoms with Crippen LogP contribution >= 0.6 is 0 Å². The molecule has 140 valence electrons. The van der Waals surface area contributed by atoms with Crippen LogP contribution in [0.25, 0.3) is 10.9 Å². The zero-order valence-corrected chi connectivity index (χ0v) is 15.3. The first-order valence-corrected chi connectivity index (χ1v) is 8.97. The Balaban J connectivity index is 1.68. The summed E-state index contributed by atoms with van der Waals surface area (Å²) in [5.74, 6) is -0.800. The highest BCUT2D eigenvalue weighted by Crippen LogP contribution is 2.29. The largest absolute Gasteiger partial charge is 0.358 e. The molecule has 1 unspecified atom stereocenters. The van der Waals surface area contributed by atoms with Gasteiger partial charge < -0.3 is 9.88 Å². The number of fused-ring (bicyclic) bond motifs is 1. The second kappa shape index (κ2) is 6.78. The maximum Gasteiger partial charge on any atom is 0.256 e. The number of nitrogens with zero attached hydrogens (tertiary/aromatic N) is 2. The highest BCUT2D eigenvalue weighted by Gasteiger charge is 2.32. The number of piperazine rings is 1. The Bertz CT molecular complexity index is 1010. The number of carbonyl (C=O) groups excluding carboxylic acids is 1. The number of hydrogen-bond acceptors (Lipinski definition) is 2. The number of nitrogens with one attached hydrogen (secondary N) is 1. The summed E-state index contributed by atoms with van der Waals surface area (Å²) in [6.45, 7) is 3.38. The van der Waals surface area contributed by atoms with Crippen LogP contribution < -0.4 is 0 Å². The van der Waals surface area contributed by atoms with Crippen LogP contribution in [0, 0.1) is 18.6 Å². The molecule has 3 aromatic rings. The fourth-order valence-corrected chi connectivity index (χ4v) is 3.87. The van der Waals surface area contributed by atoms with E-state index in [2.05, 4.69) is 9.88 Å². The third-order valence-electron chi connectivity index (χ3n) is 5.36.